The van der Waals surface area contributed by atoms with E-state index in [0.717, 1.165) is 24.2 Å². The number of ketones is 1. The van der Waals surface area contributed by atoms with E-state index in [0.29, 0.717) is 12.2 Å². The zero-order valence-corrected chi connectivity index (χ0v) is 9.60. The van der Waals surface area contributed by atoms with E-state index in [1.807, 2.05) is 0 Å². The molecule has 1 aliphatic heterocycles. The molecule has 0 spiro atoms. The second kappa shape index (κ2) is 4.57. The van der Waals surface area contributed by atoms with Crippen LogP contribution in [0.1, 0.15) is 29.3 Å². The fraction of sp³-hybridized carbons (Fsp3) is 0.385. The average Bonchev–Trinajstić information content (AvgIpc) is 2.36. The van der Waals surface area contributed by atoms with Crippen LogP contribution in [0.2, 0.25) is 0 Å². The second-order valence-corrected chi connectivity index (χ2v) is 4.20. The molecular weight excluding hydrogens is 220 g/mol. The Morgan fingerprint density at radius 2 is 2.18 bits per heavy atom. The first-order chi connectivity index (χ1) is 8.09. The topological polar surface area (TPSA) is 63.6 Å². The number of fused-ring (bicyclic) bond motifs is 1. The minimum atomic E-state index is -1.09. The van der Waals surface area contributed by atoms with E-state index in [2.05, 4.69) is 0 Å². The first-order valence-electron chi connectivity index (χ1n) is 5.62. The molecule has 1 aliphatic rings. The van der Waals surface area contributed by atoms with Crippen LogP contribution in [0.4, 0.5) is 0 Å². The Kier molecular flexibility index (Phi) is 3.13. The molecule has 1 atom stereocenters. The number of carboxylic acids is 1. The number of benzene rings is 1. The molecule has 0 saturated heterocycles. The fourth-order valence-corrected chi connectivity index (χ4v) is 1.88. The Bertz CT molecular complexity index is 464. The van der Waals surface area contributed by atoms with Crippen molar-refractivity contribution < 1.29 is 19.4 Å². The molecule has 0 aromatic heterocycles. The van der Waals surface area contributed by atoms with Gasteiger partial charge >= 0.3 is 5.97 Å². The third-order valence-corrected chi connectivity index (χ3v) is 2.96. The standard InChI is InChI=1S/C13H14O4/c1-8(13(15)16)12(14)10-4-5-11-9(7-10)3-2-6-17-11/h4-5,7-8H,2-3,6H2,1H3,(H,15,16). The van der Waals surface area contributed by atoms with E-state index >= 15 is 0 Å². The molecule has 4 nitrogen and oxygen atoms in total. The Morgan fingerprint density at radius 3 is 2.88 bits per heavy atom. The lowest BCUT2D eigenvalue weighted by atomic mass is 9.96. The largest absolute Gasteiger partial charge is 0.493 e. The van der Waals surface area contributed by atoms with Gasteiger partial charge in [0.2, 0.25) is 0 Å². The van der Waals surface area contributed by atoms with Crippen LogP contribution in [0.3, 0.4) is 0 Å². The van der Waals surface area contributed by atoms with E-state index in [1.54, 1.807) is 18.2 Å². The lowest BCUT2D eigenvalue weighted by Gasteiger charge is -2.18. The summed E-state index contributed by atoms with van der Waals surface area (Å²) in [6.07, 6.45) is 1.80. The zero-order chi connectivity index (χ0) is 12.4. The number of Topliss-reactive ketones (excluding diaryl/α,β-unsaturated/α-hetero) is 1. The van der Waals surface area contributed by atoms with Crippen LogP contribution in [-0.4, -0.2) is 23.5 Å². The zero-order valence-electron chi connectivity index (χ0n) is 9.60. The number of carboxylic acid groups (broad SMARTS) is 1. The summed E-state index contributed by atoms with van der Waals surface area (Å²) in [4.78, 5) is 22.6. The molecule has 0 bridgehead atoms. The second-order valence-electron chi connectivity index (χ2n) is 4.20. The van der Waals surface area contributed by atoms with Crippen LogP contribution in [0.25, 0.3) is 0 Å². The minimum absolute atomic E-state index is 0.356. The molecule has 0 fully saturated rings. The van der Waals surface area contributed by atoms with Crippen molar-refractivity contribution in [3.8, 4) is 5.75 Å². The molecule has 1 unspecified atom stereocenters. The molecule has 1 N–H and O–H groups in total. The van der Waals surface area contributed by atoms with Gasteiger partial charge in [0.25, 0.3) is 0 Å². The van der Waals surface area contributed by atoms with E-state index < -0.39 is 11.9 Å². The average molecular weight is 234 g/mol. The quantitative estimate of drug-likeness (QED) is 0.641. The third kappa shape index (κ3) is 2.30. The summed E-state index contributed by atoms with van der Waals surface area (Å²) in [5, 5.41) is 8.81. The van der Waals surface area contributed by atoms with Crippen molar-refractivity contribution >= 4 is 11.8 Å². The number of carbonyl (C=O) groups is 2. The van der Waals surface area contributed by atoms with Crippen molar-refractivity contribution in [2.24, 2.45) is 5.92 Å². The first-order valence-corrected chi connectivity index (χ1v) is 5.62. The summed E-state index contributed by atoms with van der Waals surface area (Å²) in [5.74, 6) is -1.65. The van der Waals surface area contributed by atoms with Crippen molar-refractivity contribution in [3.05, 3.63) is 29.3 Å². The van der Waals surface area contributed by atoms with E-state index in [1.165, 1.54) is 6.92 Å². The number of rotatable bonds is 3. The van der Waals surface area contributed by atoms with Gasteiger partial charge in [0.05, 0.1) is 6.61 Å². The van der Waals surface area contributed by atoms with Gasteiger partial charge in [-0.05, 0) is 43.5 Å². The van der Waals surface area contributed by atoms with Gasteiger partial charge in [-0.15, -0.1) is 0 Å². The molecule has 90 valence electrons. The number of aliphatic carboxylic acids is 1. The number of hydrogen-bond donors (Lipinski definition) is 1. The highest BCUT2D eigenvalue weighted by Gasteiger charge is 2.23. The van der Waals surface area contributed by atoms with Gasteiger partial charge in [0.1, 0.15) is 11.7 Å². The Labute approximate surface area is 99.2 Å². The lowest BCUT2D eigenvalue weighted by Crippen LogP contribution is -2.21. The summed E-state index contributed by atoms with van der Waals surface area (Å²) in [6, 6.07) is 5.12. The maximum Gasteiger partial charge on any atom is 0.314 e. The summed E-state index contributed by atoms with van der Waals surface area (Å²) < 4.78 is 5.44. The van der Waals surface area contributed by atoms with E-state index in [-0.39, 0.29) is 5.78 Å². The third-order valence-electron chi connectivity index (χ3n) is 2.96. The number of carbonyl (C=O) groups excluding carboxylic acids is 1. The maximum absolute atomic E-state index is 11.9. The number of aryl methyl sites for hydroxylation is 1. The summed E-state index contributed by atoms with van der Waals surface area (Å²) >= 11 is 0. The molecule has 17 heavy (non-hydrogen) atoms. The van der Waals surface area contributed by atoms with Crippen LogP contribution in [0.5, 0.6) is 5.75 Å². The Morgan fingerprint density at radius 1 is 1.41 bits per heavy atom. The fourth-order valence-electron chi connectivity index (χ4n) is 1.88. The first kappa shape index (κ1) is 11.6. The van der Waals surface area contributed by atoms with Crippen molar-refractivity contribution in [1.29, 1.82) is 0 Å². The molecule has 4 heteroatoms. The Balaban J connectivity index is 2.28. The van der Waals surface area contributed by atoms with Gasteiger partial charge in [-0.2, -0.15) is 0 Å². The van der Waals surface area contributed by atoms with E-state index in [4.69, 9.17) is 9.84 Å². The molecular formula is C13H14O4. The number of ether oxygens (including phenoxy) is 1. The Hall–Kier alpha value is -1.84. The molecule has 2 rings (SSSR count). The molecule has 1 heterocycles. The highest BCUT2D eigenvalue weighted by atomic mass is 16.5. The van der Waals surface area contributed by atoms with Crippen molar-refractivity contribution in [1.82, 2.24) is 0 Å². The van der Waals surface area contributed by atoms with Gasteiger partial charge in [-0.25, -0.2) is 0 Å². The van der Waals surface area contributed by atoms with Gasteiger partial charge in [-0.1, -0.05) is 0 Å². The monoisotopic (exact) mass is 234 g/mol. The summed E-state index contributed by atoms with van der Waals surface area (Å²) in [6.45, 7) is 2.10. The van der Waals surface area contributed by atoms with Crippen LogP contribution in [-0.2, 0) is 11.2 Å². The van der Waals surface area contributed by atoms with E-state index in [9.17, 15) is 9.59 Å². The van der Waals surface area contributed by atoms with Gasteiger partial charge < -0.3 is 9.84 Å². The predicted molar refractivity (Wildman–Crippen MR) is 61.4 cm³/mol. The lowest BCUT2D eigenvalue weighted by molar-refractivity contribution is -0.139. The van der Waals surface area contributed by atoms with Crippen molar-refractivity contribution in [3.63, 3.8) is 0 Å². The van der Waals surface area contributed by atoms with Gasteiger partial charge in [0.15, 0.2) is 5.78 Å². The molecule has 0 aliphatic carbocycles. The highest BCUT2D eigenvalue weighted by Crippen LogP contribution is 2.26. The predicted octanol–water partition coefficient (Wildman–Crippen LogP) is 1.92. The highest BCUT2D eigenvalue weighted by molar-refractivity contribution is 6.08. The normalized spacial score (nSPS) is 15.6. The van der Waals surface area contributed by atoms with Gasteiger partial charge in [0, 0.05) is 5.56 Å². The van der Waals surface area contributed by atoms with Crippen molar-refractivity contribution in [2.45, 2.75) is 19.8 Å². The van der Waals surface area contributed by atoms with Crippen molar-refractivity contribution in [2.75, 3.05) is 6.61 Å². The van der Waals surface area contributed by atoms with Crippen LogP contribution in [0, 0.1) is 5.92 Å². The minimum Gasteiger partial charge on any atom is -0.493 e. The summed E-state index contributed by atoms with van der Waals surface area (Å²) in [5.41, 5.74) is 1.43. The van der Waals surface area contributed by atoms with Gasteiger partial charge in [-0.3, -0.25) is 9.59 Å². The van der Waals surface area contributed by atoms with Crippen LogP contribution in [0.15, 0.2) is 18.2 Å². The molecule has 0 radical (unpaired) electrons. The SMILES string of the molecule is CC(C(=O)O)C(=O)c1ccc2c(c1)CCCO2. The number of hydrogen-bond acceptors (Lipinski definition) is 3. The molecule has 0 amide bonds. The smallest absolute Gasteiger partial charge is 0.314 e. The molecule has 1 aromatic carbocycles. The van der Waals surface area contributed by atoms with Crippen LogP contribution >= 0.6 is 0 Å². The van der Waals surface area contributed by atoms with Crippen LogP contribution < -0.4 is 4.74 Å². The summed E-state index contributed by atoms with van der Waals surface area (Å²) in [7, 11) is 0. The molecule has 0 saturated carbocycles. The maximum atomic E-state index is 11.9. The molecule has 1 aromatic rings.